The van der Waals surface area contributed by atoms with E-state index in [0.717, 1.165) is 8.04 Å². The Kier molecular flexibility index (Phi) is 5.51. The molecule has 0 aromatic heterocycles. The number of hydrogen-bond donors (Lipinski definition) is 2. The molecule has 0 fully saturated rings. The molecule has 1 rings (SSSR count). The lowest BCUT2D eigenvalue weighted by atomic mass is 10.2. The average Bonchev–Trinajstić information content (AvgIpc) is 2.17. The standard InChI is InChI=1S/C9H9BrINO3/c10-6-1-2-7(8(11)5-6)9(14)12-15-4-3-13/h1-2,5,13H,3-4H2,(H,12,14). The van der Waals surface area contributed by atoms with Crippen LogP contribution in [0.3, 0.4) is 0 Å². The van der Waals surface area contributed by atoms with Crippen molar-refractivity contribution in [2.45, 2.75) is 0 Å². The van der Waals surface area contributed by atoms with Crippen LogP contribution in [0.15, 0.2) is 22.7 Å². The van der Waals surface area contributed by atoms with Crippen LogP contribution in [-0.2, 0) is 4.84 Å². The van der Waals surface area contributed by atoms with E-state index in [2.05, 4.69) is 44.0 Å². The molecule has 15 heavy (non-hydrogen) atoms. The van der Waals surface area contributed by atoms with Gasteiger partial charge >= 0.3 is 0 Å². The van der Waals surface area contributed by atoms with Crippen LogP contribution in [-0.4, -0.2) is 24.2 Å². The highest BCUT2D eigenvalue weighted by atomic mass is 127. The van der Waals surface area contributed by atoms with E-state index < -0.39 is 0 Å². The van der Waals surface area contributed by atoms with Gasteiger partial charge in [-0.3, -0.25) is 9.63 Å². The summed E-state index contributed by atoms with van der Waals surface area (Å²) in [5.74, 6) is -0.319. The van der Waals surface area contributed by atoms with Gasteiger partial charge < -0.3 is 5.11 Å². The molecule has 0 heterocycles. The molecule has 0 atom stereocenters. The van der Waals surface area contributed by atoms with E-state index in [-0.39, 0.29) is 19.1 Å². The van der Waals surface area contributed by atoms with E-state index in [1.54, 1.807) is 12.1 Å². The number of carbonyl (C=O) groups is 1. The smallest absolute Gasteiger partial charge is 0.275 e. The van der Waals surface area contributed by atoms with Gasteiger partial charge in [0.25, 0.3) is 5.91 Å². The molecule has 0 aliphatic heterocycles. The van der Waals surface area contributed by atoms with Crippen LogP contribution in [0.1, 0.15) is 10.4 Å². The molecular weight excluding hydrogens is 377 g/mol. The third kappa shape index (κ3) is 4.06. The summed E-state index contributed by atoms with van der Waals surface area (Å²) in [7, 11) is 0. The second kappa shape index (κ2) is 6.41. The molecule has 2 N–H and O–H groups in total. The van der Waals surface area contributed by atoms with Gasteiger partial charge in [0.05, 0.1) is 18.8 Å². The highest BCUT2D eigenvalue weighted by molar-refractivity contribution is 14.1. The number of hydrogen-bond acceptors (Lipinski definition) is 3. The molecule has 0 bridgehead atoms. The number of benzene rings is 1. The molecule has 0 aliphatic carbocycles. The third-order valence-corrected chi connectivity index (χ3v) is 2.92. The van der Waals surface area contributed by atoms with Gasteiger partial charge in [-0.05, 0) is 40.8 Å². The van der Waals surface area contributed by atoms with Crippen molar-refractivity contribution in [3.63, 3.8) is 0 Å². The first kappa shape index (κ1) is 12.9. The normalized spacial score (nSPS) is 10.1. The summed E-state index contributed by atoms with van der Waals surface area (Å²) in [6, 6.07) is 5.31. The molecule has 1 amide bonds. The fourth-order valence-electron chi connectivity index (χ4n) is 0.891. The van der Waals surface area contributed by atoms with Crippen LogP contribution >= 0.6 is 38.5 Å². The van der Waals surface area contributed by atoms with Crippen LogP contribution in [0.4, 0.5) is 0 Å². The maximum absolute atomic E-state index is 11.5. The minimum atomic E-state index is -0.319. The van der Waals surface area contributed by atoms with Crippen molar-refractivity contribution in [3.05, 3.63) is 31.8 Å². The van der Waals surface area contributed by atoms with Gasteiger partial charge in [-0.1, -0.05) is 15.9 Å². The number of carbonyl (C=O) groups excluding carboxylic acids is 1. The first-order valence-electron chi connectivity index (χ1n) is 4.13. The molecule has 0 saturated carbocycles. The van der Waals surface area contributed by atoms with Crippen molar-refractivity contribution in [1.29, 1.82) is 0 Å². The second-order valence-corrected chi connectivity index (χ2v) is 4.71. The maximum Gasteiger partial charge on any atom is 0.275 e. The molecule has 82 valence electrons. The van der Waals surface area contributed by atoms with Gasteiger partial charge in [-0.25, -0.2) is 5.48 Å². The Morgan fingerprint density at radius 2 is 2.33 bits per heavy atom. The van der Waals surface area contributed by atoms with Crippen molar-refractivity contribution in [2.75, 3.05) is 13.2 Å². The third-order valence-electron chi connectivity index (χ3n) is 1.53. The number of aliphatic hydroxyl groups excluding tert-OH is 1. The van der Waals surface area contributed by atoms with Crippen molar-refractivity contribution < 1.29 is 14.7 Å². The van der Waals surface area contributed by atoms with Crippen molar-refractivity contribution in [1.82, 2.24) is 5.48 Å². The number of nitrogens with one attached hydrogen (secondary N) is 1. The lowest BCUT2D eigenvalue weighted by Crippen LogP contribution is -2.25. The van der Waals surface area contributed by atoms with Crippen LogP contribution in [0.5, 0.6) is 0 Å². The van der Waals surface area contributed by atoms with E-state index in [0.29, 0.717) is 5.56 Å². The van der Waals surface area contributed by atoms with E-state index in [4.69, 9.17) is 9.94 Å². The summed E-state index contributed by atoms with van der Waals surface area (Å²) in [6.45, 7) is -0.0451. The van der Waals surface area contributed by atoms with Crippen molar-refractivity contribution in [2.24, 2.45) is 0 Å². The summed E-state index contributed by atoms with van der Waals surface area (Å²) in [6.07, 6.45) is 0. The average molecular weight is 386 g/mol. The van der Waals surface area contributed by atoms with Crippen molar-refractivity contribution in [3.8, 4) is 0 Å². The molecule has 4 nitrogen and oxygen atoms in total. The maximum atomic E-state index is 11.5. The minimum Gasteiger partial charge on any atom is -0.394 e. The molecule has 0 saturated heterocycles. The molecule has 1 aromatic carbocycles. The van der Waals surface area contributed by atoms with Gasteiger partial charge in [-0.15, -0.1) is 0 Å². The number of amides is 1. The quantitative estimate of drug-likeness (QED) is 0.471. The Morgan fingerprint density at radius 3 is 2.93 bits per heavy atom. The van der Waals surface area contributed by atoms with Gasteiger partial charge in [0.2, 0.25) is 0 Å². The van der Waals surface area contributed by atoms with Gasteiger partial charge in [0.1, 0.15) is 0 Å². The molecule has 0 unspecified atom stereocenters. The Balaban J connectivity index is 2.65. The molecule has 1 aromatic rings. The minimum absolute atomic E-state index is 0.0822. The van der Waals surface area contributed by atoms with Crippen LogP contribution in [0.2, 0.25) is 0 Å². The summed E-state index contributed by atoms with van der Waals surface area (Å²) in [5, 5.41) is 8.46. The van der Waals surface area contributed by atoms with E-state index >= 15 is 0 Å². The Labute approximate surface area is 109 Å². The lowest BCUT2D eigenvalue weighted by molar-refractivity contribution is 0.0167. The van der Waals surface area contributed by atoms with Gasteiger partial charge in [0.15, 0.2) is 0 Å². The number of halogens is 2. The second-order valence-electron chi connectivity index (χ2n) is 2.63. The summed E-state index contributed by atoms with van der Waals surface area (Å²) < 4.78 is 1.74. The Bertz CT molecular complexity index is 359. The van der Waals surface area contributed by atoms with Crippen LogP contribution < -0.4 is 5.48 Å². The topological polar surface area (TPSA) is 58.6 Å². The molecule has 0 spiro atoms. The SMILES string of the molecule is O=C(NOCCO)c1ccc(Br)cc1I. The van der Waals surface area contributed by atoms with E-state index in [1.807, 2.05) is 6.07 Å². The highest BCUT2D eigenvalue weighted by Gasteiger charge is 2.09. The predicted molar refractivity (Wildman–Crippen MR) is 67.4 cm³/mol. The predicted octanol–water partition coefficient (Wildman–Crippen LogP) is 1.71. The number of aliphatic hydroxyl groups is 1. The number of hydroxylamine groups is 1. The Morgan fingerprint density at radius 1 is 1.60 bits per heavy atom. The molecule has 0 radical (unpaired) electrons. The zero-order valence-corrected chi connectivity index (χ0v) is 11.4. The van der Waals surface area contributed by atoms with Crippen LogP contribution in [0.25, 0.3) is 0 Å². The monoisotopic (exact) mass is 385 g/mol. The fourth-order valence-corrected chi connectivity index (χ4v) is 2.44. The van der Waals surface area contributed by atoms with Crippen molar-refractivity contribution >= 4 is 44.4 Å². The summed E-state index contributed by atoms with van der Waals surface area (Å²) in [4.78, 5) is 16.2. The molecule has 6 heteroatoms. The Hall–Kier alpha value is -0.180. The first-order chi connectivity index (χ1) is 7.15. The zero-order valence-electron chi connectivity index (χ0n) is 7.67. The van der Waals surface area contributed by atoms with Gasteiger partial charge in [0, 0.05) is 8.04 Å². The summed E-state index contributed by atoms with van der Waals surface area (Å²) in [5.41, 5.74) is 2.78. The molecule has 0 aliphatic rings. The van der Waals surface area contributed by atoms with Gasteiger partial charge in [-0.2, -0.15) is 0 Å². The summed E-state index contributed by atoms with van der Waals surface area (Å²) >= 11 is 5.37. The number of rotatable bonds is 4. The zero-order chi connectivity index (χ0) is 11.3. The largest absolute Gasteiger partial charge is 0.394 e. The lowest BCUT2D eigenvalue weighted by Gasteiger charge is -2.06. The van der Waals surface area contributed by atoms with E-state index in [1.165, 1.54) is 0 Å². The first-order valence-corrected chi connectivity index (χ1v) is 6.00. The highest BCUT2D eigenvalue weighted by Crippen LogP contribution is 2.18. The fraction of sp³-hybridized carbons (Fsp3) is 0.222. The van der Waals surface area contributed by atoms with E-state index in [9.17, 15) is 4.79 Å². The van der Waals surface area contributed by atoms with Crippen LogP contribution in [0, 0.1) is 3.57 Å². The molecular formula is C9H9BrINO3.